The molecule has 0 atom stereocenters. The third kappa shape index (κ3) is 26.3. The zero-order valence-electron chi connectivity index (χ0n) is 50.7. The molecule has 27 heteroatoms. The smallest absolute Gasteiger partial charge is 0.537 e. The van der Waals surface area contributed by atoms with E-state index in [-0.39, 0.29) is 5.48 Å². The standard InChI is InChI=1S/2C13H11BrS.C12H8BO2S.C12H7BrS.C7H7IS.C6H5BBrO2.C4H8O.CHF3O3S.H2O2.H2O/c2*1-15-13-9-5-3-7-11(13)10-6-2-4-8-12(10)14;14-13-15-9-5-3-7-11-12(9)8-4-1-2-6-10(8)16-11;13-9-5-3-7-11-12(9)8-4-1-2-6-10(8)14-11;1-9-7-5-3-2-4-6(7)8;8-5-3-1-2-4-6(5)10-7-9;1-2-4-5-3-1;2-1(3,4)8(5,6)7;1-2;/h2*2-9H,1H3;1-7,14H;1-7H;2-5H,1H3;1-4,9H;1-4H2;(H,5,6,7);1-2H;1H2. The Hall–Kier alpha value is -4.47. The first-order valence-corrected chi connectivity index (χ1v) is 38.7. The van der Waals surface area contributed by atoms with Crippen molar-refractivity contribution in [1.82, 2.24) is 0 Å². The quantitative estimate of drug-likeness (QED) is 0.0174. The average Bonchev–Trinajstić information content (AvgIpc) is 1.65. The van der Waals surface area contributed by atoms with Gasteiger partial charge in [-0.15, -0.1) is 58.0 Å². The maximum atomic E-state index is 10.7. The van der Waals surface area contributed by atoms with Crippen LogP contribution in [0.4, 0.5) is 13.2 Å². The molecule has 0 spiro atoms. The Kier molecular flexibility index (Phi) is 38.9. The van der Waals surface area contributed by atoms with Crippen molar-refractivity contribution >= 4 is 210 Å². The maximum Gasteiger partial charge on any atom is 0.569 e. The predicted octanol–water partition coefficient (Wildman–Crippen LogP) is 22.2. The van der Waals surface area contributed by atoms with E-state index in [0.717, 1.165) is 39.7 Å². The van der Waals surface area contributed by atoms with E-state index in [1.54, 1.807) is 52.7 Å². The number of thiophene rings is 2. The molecule has 2 radical (unpaired) electrons. The molecule has 0 amide bonds. The monoisotopic (exact) mass is 1770 g/mol. The highest BCUT2D eigenvalue weighted by atomic mass is 127. The van der Waals surface area contributed by atoms with Crippen LogP contribution in [0, 0.1) is 3.57 Å². The second-order valence-electron chi connectivity index (χ2n) is 18.6. The van der Waals surface area contributed by atoms with Crippen LogP contribution < -0.4 is 9.31 Å². The minimum Gasteiger partial charge on any atom is -0.537 e. The van der Waals surface area contributed by atoms with Crippen molar-refractivity contribution in [3.63, 3.8) is 0 Å². The molecule has 498 valence electrons. The molecule has 3 heterocycles. The van der Waals surface area contributed by atoms with E-state index in [1.165, 1.54) is 92.8 Å². The van der Waals surface area contributed by atoms with Gasteiger partial charge < -0.3 is 29.6 Å². The SMILES string of the molecule is Brc1cccc2sc3ccccc3c12.C1CCOC1.CSc1ccccc1-c1ccccc1Br.CSc1ccccc1-c1ccccc1Br.CSc1ccccc1I.O.O=S(=O)(O)C(F)(F)F.OO.O[B]Oc1cccc2sc3ccccc3c12.O[B]Oc1ccccc1Br. The van der Waals surface area contributed by atoms with Gasteiger partial charge in [0, 0.05) is 85.2 Å². The van der Waals surface area contributed by atoms with Crippen LogP contribution in [0.2, 0.25) is 0 Å². The Balaban J connectivity index is 0.000000234. The van der Waals surface area contributed by atoms with Crippen LogP contribution in [0.3, 0.4) is 0 Å². The average molecular weight is 1770 g/mol. The van der Waals surface area contributed by atoms with Crippen molar-refractivity contribution in [2.75, 3.05) is 32.0 Å². The lowest BCUT2D eigenvalue weighted by Gasteiger charge is -2.08. The van der Waals surface area contributed by atoms with E-state index < -0.39 is 15.6 Å². The van der Waals surface area contributed by atoms with E-state index in [2.05, 4.69) is 275 Å². The second kappa shape index (κ2) is 44.5. The molecule has 1 saturated heterocycles. The summed E-state index contributed by atoms with van der Waals surface area (Å²) in [4.78, 5) is 3.98. The summed E-state index contributed by atoms with van der Waals surface area (Å²) in [5.41, 5.74) is -0.452. The maximum absolute atomic E-state index is 10.7. The molecule has 0 unspecified atom stereocenters. The van der Waals surface area contributed by atoms with E-state index in [1.807, 2.05) is 65.9 Å². The first-order valence-electron chi connectivity index (χ1n) is 27.7. The van der Waals surface area contributed by atoms with Gasteiger partial charge in [0.15, 0.2) is 0 Å². The summed E-state index contributed by atoms with van der Waals surface area (Å²) in [5, 5.41) is 33.9. The molecule has 1 aliphatic rings. The van der Waals surface area contributed by atoms with Crippen LogP contribution in [0.1, 0.15) is 12.8 Å². The number of alkyl halides is 3. The molecule has 95 heavy (non-hydrogen) atoms. The van der Waals surface area contributed by atoms with Crippen LogP contribution in [0.25, 0.3) is 62.6 Å². The first-order chi connectivity index (χ1) is 45.3. The van der Waals surface area contributed by atoms with Crippen molar-refractivity contribution in [1.29, 1.82) is 0 Å². The van der Waals surface area contributed by atoms with Gasteiger partial charge in [0.05, 0.1) is 4.47 Å². The lowest BCUT2D eigenvalue weighted by molar-refractivity contribution is -0.176. The fraction of sp³-hybridized carbons (Fsp3) is 0.118. The molecule has 0 bridgehead atoms. The summed E-state index contributed by atoms with van der Waals surface area (Å²) in [6.45, 7) is 2.00. The van der Waals surface area contributed by atoms with Gasteiger partial charge in [-0.1, -0.05) is 193 Å². The summed E-state index contributed by atoms with van der Waals surface area (Å²) < 4.78 is 83.1. The molecule has 1 aliphatic heterocycles. The van der Waals surface area contributed by atoms with E-state index in [0.29, 0.717) is 19.2 Å². The molecular weight excluding hydrogens is 1710 g/mol. The highest BCUT2D eigenvalue weighted by molar-refractivity contribution is 14.1. The molecule has 7 N–H and O–H groups in total. The fourth-order valence-electron chi connectivity index (χ4n) is 8.44. The fourth-order valence-corrected chi connectivity index (χ4v) is 15.5. The highest BCUT2D eigenvalue weighted by Crippen LogP contribution is 2.41. The predicted molar refractivity (Wildman–Crippen MR) is 418 cm³/mol. The number of benzene rings is 10. The van der Waals surface area contributed by atoms with Crippen LogP contribution in [0.5, 0.6) is 11.5 Å². The largest absolute Gasteiger partial charge is 0.569 e. The Morgan fingerprint density at radius 3 is 1.21 bits per heavy atom. The zero-order chi connectivity index (χ0) is 68.5. The molecule has 1 fully saturated rings. The summed E-state index contributed by atoms with van der Waals surface area (Å²) in [6.07, 6.45) is 8.86. The van der Waals surface area contributed by atoms with Gasteiger partial charge in [-0.25, -0.2) is 0 Å². The molecule has 0 aliphatic carbocycles. The number of para-hydroxylation sites is 1. The van der Waals surface area contributed by atoms with Crippen molar-refractivity contribution < 1.29 is 66.2 Å². The number of thioether (sulfide) groups is 3. The second-order valence-corrected chi connectivity index (χ2v) is 29.3. The van der Waals surface area contributed by atoms with E-state index in [4.69, 9.17) is 47.6 Å². The first kappa shape index (κ1) is 83.0. The van der Waals surface area contributed by atoms with Gasteiger partial charge in [0.2, 0.25) is 0 Å². The summed E-state index contributed by atoms with van der Waals surface area (Å²) >= 11 is 25.3. The lowest BCUT2D eigenvalue weighted by atomic mass is 10.1. The van der Waals surface area contributed by atoms with Crippen LogP contribution in [0.15, 0.2) is 263 Å². The molecular formula is C68H62B2Br4F3IO11S6. The summed E-state index contributed by atoms with van der Waals surface area (Å²) in [6, 6.07) is 78.1. The Labute approximate surface area is 620 Å². The molecule has 13 rings (SSSR count). The Bertz CT molecular complexity index is 4270. The van der Waals surface area contributed by atoms with Crippen LogP contribution in [-0.4, -0.2) is 91.9 Å². The minimum absolute atomic E-state index is 0. The third-order valence-electron chi connectivity index (χ3n) is 12.6. The van der Waals surface area contributed by atoms with Gasteiger partial charge in [-0.3, -0.25) is 15.1 Å². The van der Waals surface area contributed by atoms with E-state index in [9.17, 15) is 13.2 Å². The van der Waals surface area contributed by atoms with Crippen molar-refractivity contribution in [3.05, 3.63) is 252 Å². The van der Waals surface area contributed by atoms with Crippen molar-refractivity contribution in [2.45, 2.75) is 33.0 Å². The Morgan fingerprint density at radius 1 is 0.463 bits per heavy atom. The van der Waals surface area contributed by atoms with Crippen molar-refractivity contribution in [3.8, 4) is 33.8 Å². The minimum atomic E-state index is -5.84. The van der Waals surface area contributed by atoms with E-state index >= 15 is 0 Å². The molecule has 12 aromatic rings. The normalized spacial score (nSPS) is 11.1. The molecule has 11 nitrogen and oxygen atoms in total. The highest BCUT2D eigenvalue weighted by Gasteiger charge is 2.44. The van der Waals surface area contributed by atoms with Crippen LogP contribution in [-0.2, 0) is 14.9 Å². The van der Waals surface area contributed by atoms with Gasteiger partial charge in [0.1, 0.15) is 11.5 Å². The molecule has 0 saturated carbocycles. The number of halogens is 8. The van der Waals surface area contributed by atoms with Crippen LogP contribution >= 0.6 is 144 Å². The zero-order valence-corrected chi connectivity index (χ0v) is 64.1. The molecule has 10 aromatic carbocycles. The van der Waals surface area contributed by atoms with Gasteiger partial charge >= 0.3 is 31.0 Å². The van der Waals surface area contributed by atoms with Crippen molar-refractivity contribution in [2.24, 2.45) is 0 Å². The third-order valence-corrected chi connectivity index (χ3v) is 21.9. The topological polar surface area (TPSA) is 194 Å². The van der Waals surface area contributed by atoms with Gasteiger partial charge in [0.25, 0.3) is 0 Å². The number of hydrogen-bond acceptors (Lipinski definition) is 14. The summed E-state index contributed by atoms with van der Waals surface area (Å²) in [7, 11) is -4.46. The Morgan fingerprint density at radius 2 is 0.800 bits per heavy atom. The number of hydrogen-bond donors (Lipinski definition) is 5. The number of ether oxygens (including phenoxy) is 1. The number of rotatable bonds is 9. The lowest BCUT2D eigenvalue weighted by Crippen LogP contribution is -2.21. The van der Waals surface area contributed by atoms with Gasteiger partial charge in [-0.05, 0) is 177 Å². The van der Waals surface area contributed by atoms with Gasteiger partial charge in [-0.2, -0.15) is 21.6 Å². The summed E-state index contributed by atoms with van der Waals surface area (Å²) in [5.74, 6) is 1.29. The number of fused-ring (bicyclic) bond motifs is 6. The molecule has 2 aromatic heterocycles.